The van der Waals surface area contributed by atoms with Crippen molar-refractivity contribution in [1.82, 2.24) is 5.32 Å². The van der Waals surface area contributed by atoms with Gasteiger partial charge in [-0.3, -0.25) is 0 Å². The lowest BCUT2D eigenvalue weighted by atomic mass is 9.96. The van der Waals surface area contributed by atoms with Gasteiger partial charge in [-0.1, -0.05) is 48.9 Å². The number of piperidine rings is 1. The Kier molecular flexibility index (Phi) is 7.78. The van der Waals surface area contributed by atoms with Gasteiger partial charge in [-0.2, -0.15) is 0 Å². The highest BCUT2D eigenvalue weighted by atomic mass is 19.1. The SMILES string of the molecule is [CH2]Cc1c(OCc2ccccc2)cc(OCCC2CCCCN2)cc1-c1ccc(F)cc1. The quantitative estimate of drug-likeness (QED) is 0.427. The number of benzene rings is 3. The molecule has 1 saturated heterocycles. The fourth-order valence-corrected chi connectivity index (χ4v) is 4.20. The summed E-state index contributed by atoms with van der Waals surface area (Å²) in [6.07, 6.45) is 5.28. The average molecular weight is 433 g/mol. The first-order chi connectivity index (χ1) is 15.7. The van der Waals surface area contributed by atoms with Crippen LogP contribution in [0.25, 0.3) is 11.1 Å². The maximum atomic E-state index is 13.5. The Labute approximate surface area is 190 Å². The van der Waals surface area contributed by atoms with Crippen LogP contribution >= 0.6 is 0 Å². The molecule has 1 aliphatic heterocycles. The molecule has 0 bridgehead atoms. The Balaban J connectivity index is 1.57. The standard InChI is InChI=1S/C28H31FNO2/c1-2-26-27(22-11-13-23(29)14-12-22)18-25(31-17-15-24-10-6-7-16-30-24)19-28(26)32-20-21-8-4-3-5-9-21/h3-5,8-9,11-14,18-19,24,30H,1-2,6-7,10,15-17,20H2. The first-order valence-electron chi connectivity index (χ1n) is 11.5. The minimum Gasteiger partial charge on any atom is -0.493 e. The van der Waals surface area contributed by atoms with E-state index in [1.54, 1.807) is 12.1 Å². The van der Waals surface area contributed by atoms with Crippen LogP contribution in [-0.2, 0) is 13.0 Å². The molecule has 0 amide bonds. The zero-order valence-corrected chi connectivity index (χ0v) is 18.5. The van der Waals surface area contributed by atoms with E-state index in [4.69, 9.17) is 9.47 Å². The molecule has 32 heavy (non-hydrogen) atoms. The molecule has 1 radical (unpaired) electrons. The van der Waals surface area contributed by atoms with E-state index in [9.17, 15) is 4.39 Å². The monoisotopic (exact) mass is 432 g/mol. The van der Waals surface area contributed by atoms with Gasteiger partial charge in [0.15, 0.2) is 0 Å². The van der Waals surface area contributed by atoms with Crippen molar-refractivity contribution in [1.29, 1.82) is 0 Å². The van der Waals surface area contributed by atoms with Crippen LogP contribution in [0.2, 0.25) is 0 Å². The Morgan fingerprint density at radius 3 is 2.50 bits per heavy atom. The molecule has 1 unspecified atom stereocenters. The second-order valence-corrected chi connectivity index (χ2v) is 8.26. The highest BCUT2D eigenvalue weighted by molar-refractivity contribution is 5.72. The van der Waals surface area contributed by atoms with Crippen LogP contribution in [0.4, 0.5) is 4.39 Å². The molecular formula is C28H31FNO2. The summed E-state index contributed by atoms with van der Waals surface area (Å²) in [6.45, 7) is 6.32. The molecule has 167 valence electrons. The molecule has 0 aromatic heterocycles. The predicted molar refractivity (Wildman–Crippen MR) is 127 cm³/mol. The summed E-state index contributed by atoms with van der Waals surface area (Å²) in [4.78, 5) is 0. The van der Waals surface area contributed by atoms with Crippen molar-refractivity contribution in [3.05, 3.63) is 90.6 Å². The van der Waals surface area contributed by atoms with Gasteiger partial charge < -0.3 is 14.8 Å². The third-order valence-corrected chi connectivity index (χ3v) is 5.97. The molecule has 0 saturated carbocycles. The highest BCUT2D eigenvalue weighted by Gasteiger charge is 2.16. The van der Waals surface area contributed by atoms with E-state index >= 15 is 0 Å². The second-order valence-electron chi connectivity index (χ2n) is 8.26. The topological polar surface area (TPSA) is 30.5 Å². The number of hydrogen-bond donors (Lipinski definition) is 1. The van der Waals surface area contributed by atoms with Crippen molar-refractivity contribution >= 4 is 0 Å². The lowest BCUT2D eigenvalue weighted by molar-refractivity contribution is 0.264. The molecule has 1 atom stereocenters. The highest BCUT2D eigenvalue weighted by Crippen LogP contribution is 2.36. The first-order valence-corrected chi connectivity index (χ1v) is 11.5. The van der Waals surface area contributed by atoms with Gasteiger partial charge >= 0.3 is 0 Å². The summed E-state index contributed by atoms with van der Waals surface area (Å²) in [5, 5.41) is 3.57. The third kappa shape index (κ3) is 5.89. The van der Waals surface area contributed by atoms with Crippen LogP contribution in [0.15, 0.2) is 66.7 Å². The number of rotatable bonds is 9. The number of hydrogen-bond acceptors (Lipinski definition) is 3. The maximum Gasteiger partial charge on any atom is 0.127 e. The maximum absolute atomic E-state index is 13.5. The Morgan fingerprint density at radius 2 is 1.78 bits per heavy atom. The molecule has 4 rings (SSSR count). The van der Waals surface area contributed by atoms with Gasteiger partial charge in [-0.25, -0.2) is 4.39 Å². The van der Waals surface area contributed by atoms with E-state index in [2.05, 4.69) is 12.2 Å². The van der Waals surface area contributed by atoms with Crippen molar-refractivity contribution in [2.24, 2.45) is 0 Å². The van der Waals surface area contributed by atoms with E-state index in [-0.39, 0.29) is 5.82 Å². The minimum atomic E-state index is -0.252. The largest absolute Gasteiger partial charge is 0.493 e. The van der Waals surface area contributed by atoms with Gasteiger partial charge in [-0.15, -0.1) is 0 Å². The fourth-order valence-electron chi connectivity index (χ4n) is 4.20. The zero-order valence-electron chi connectivity index (χ0n) is 18.5. The van der Waals surface area contributed by atoms with Gasteiger partial charge in [0.05, 0.1) is 6.61 Å². The molecule has 1 fully saturated rings. The number of ether oxygens (including phenoxy) is 2. The van der Waals surface area contributed by atoms with E-state index in [0.717, 1.165) is 46.7 Å². The third-order valence-electron chi connectivity index (χ3n) is 5.97. The van der Waals surface area contributed by atoms with Crippen molar-refractivity contribution in [3.63, 3.8) is 0 Å². The Bertz CT molecular complexity index is 982. The molecular weight excluding hydrogens is 401 g/mol. The second kappa shape index (κ2) is 11.1. The lowest BCUT2D eigenvalue weighted by Crippen LogP contribution is -2.35. The van der Waals surface area contributed by atoms with Crippen molar-refractivity contribution in [3.8, 4) is 22.6 Å². The normalized spacial score (nSPS) is 16.0. The molecule has 0 spiro atoms. The van der Waals surface area contributed by atoms with E-state index in [0.29, 0.717) is 25.7 Å². The molecule has 1 N–H and O–H groups in total. The molecule has 3 nitrogen and oxygen atoms in total. The van der Waals surface area contributed by atoms with Crippen LogP contribution in [0.1, 0.15) is 36.8 Å². The van der Waals surface area contributed by atoms with Gasteiger partial charge in [0, 0.05) is 17.7 Å². The van der Waals surface area contributed by atoms with E-state index in [1.807, 2.05) is 42.5 Å². The average Bonchev–Trinajstić information content (AvgIpc) is 2.84. The summed E-state index contributed by atoms with van der Waals surface area (Å²) in [5.74, 6) is 1.27. The minimum absolute atomic E-state index is 0.252. The molecule has 1 aliphatic rings. The summed E-state index contributed by atoms with van der Waals surface area (Å²) in [5.41, 5.74) is 3.99. The molecule has 3 aromatic rings. The van der Waals surface area contributed by atoms with Gasteiger partial charge in [-0.05, 0) is 74.0 Å². The van der Waals surface area contributed by atoms with Gasteiger partial charge in [0.2, 0.25) is 0 Å². The smallest absolute Gasteiger partial charge is 0.127 e. The summed E-state index contributed by atoms with van der Waals surface area (Å²) in [6, 6.07) is 21.1. The van der Waals surface area contributed by atoms with E-state index < -0.39 is 0 Å². The van der Waals surface area contributed by atoms with Crippen LogP contribution in [-0.4, -0.2) is 19.2 Å². The zero-order chi connectivity index (χ0) is 22.2. The number of nitrogens with one attached hydrogen (secondary N) is 1. The fraction of sp³-hybridized carbons (Fsp3) is 0.321. The van der Waals surface area contributed by atoms with Crippen molar-refractivity contribution < 1.29 is 13.9 Å². The van der Waals surface area contributed by atoms with Crippen LogP contribution in [0.3, 0.4) is 0 Å². The van der Waals surface area contributed by atoms with Crippen LogP contribution < -0.4 is 14.8 Å². The van der Waals surface area contributed by atoms with Gasteiger partial charge in [0.25, 0.3) is 0 Å². The molecule has 3 aromatic carbocycles. The van der Waals surface area contributed by atoms with E-state index in [1.165, 1.54) is 31.4 Å². The summed E-state index contributed by atoms with van der Waals surface area (Å²) in [7, 11) is 0. The molecule has 1 heterocycles. The van der Waals surface area contributed by atoms with Crippen molar-refractivity contribution in [2.75, 3.05) is 13.2 Å². The Hall–Kier alpha value is -2.85. The van der Waals surface area contributed by atoms with Crippen LogP contribution in [0, 0.1) is 12.7 Å². The summed E-state index contributed by atoms with van der Waals surface area (Å²) < 4.78 is 25.9. The Morgan fingerprint density at radius 1 is 0.969 bits per heavy atom. The predicted octanol–water partition coefficient (Wildman–Crippen LogP) is 6.36. The molecule has 0 aliphatic carbocycles. The van der Waals surface area contributed by atoms with Crippen molar-refractivity contribution in [2.45, 2.75) is 44.8 Å². The summed E-state index contributed by atoms with van der Waals surface area (Å²) >= 11 is 0. The lowest BCUT2D eigenvalue weighted by Gasteiger charge is -2.23. The first kappa shape index (κ1) is 22.3. The molecule has 4 heteroatoms. The number of halogens is 1. The van der Waals surface area contributed by atoms with Crippen LogP contribution in [0.5, 0.6) is 11.5 Å². The van der Waals surface area contributed by atoms with Gasteiger partial charge in [0.1, 0.15) is 23.9 Å².